The van der Waals surface area contributed by atoms with Gasteiger partial charge in [-0.25, -0.2) is 4.98 Å². The lowest BCUT2D eigenvalue weighted by Gasteiger charge is -2.17. The van der Waals surface area contributed by atoms with Gasteiger partial charge in [-0.2, -0.15) is 0 Å². The van der Waals surface area contributed by atoms with E-state index >= 15 is 0 Å². The molecule has 1 aromatic rings. The van der Waals surface area contributed by atoms with Gasteiger partial charge in [0.1, 0.15) is 5.82 Å². The predicted octanol–water partition coefficient (Wildman–Crippen LogP) is 2.34. The highest BCUT2D eigenvalue weighted by Crippen LogP contribution is 2.17. The van der Waals surface area contributed by atoms with Gasteiger partial charge in [0, 0.05) is 31.1 Å². The van der Waals surface area contributed by atoms with E-state index in [9.17, 15) is 0 Å². The third-order valence-electron chi connectivity index (χ3n) is 2.82. The van der Waals surface area contributed by atoms with E-state index in [4.69, 9.17) is 0 Å². The maximum atomic E-state index is 4.59. The van der Waals surface area contributed by atoms with Crippen molar-refractivity contribution < 1.29 is 0 Å². The molecule has 1 aromatic heterocycles. The summed E-state index contributed by atoms with van der Waals surface area (Å²) in [6.45, 7) is 3.21. The van der Waals surface area contributed by atoms with Crippen LogP contribution >= 0.6 is 0 Å². The maximum Gasteiger partial charge on any atom is 0.125 e. The highest BCUT2D eigenvalue weighted by Gasteiger charge is 2.12. The van der Waals surface area contributed by atoms with Gasteiger partial charge in [-0.3, -0.25) is 4.99 Å². The van der Waals surface area contributed by atoms with Crippen LogP contribution in [-0.4, -0.2) is 24.3 Å². The number of nitrogens with one attached hydrogen (secondary N) is 1. The summed E-state index contributed by atoms with van der Waals surface area (Å²) < 4.78 is 0. The van der Waals surface area contributed by atoms with Crippen LogP contribution in [0.4, 0.5) is 5.82 Å². The lowest BCUT2D eigenvalue weighted by atomic mass is 9.97. The van der Waals surface area contributed by atoms with E-state index in [0.29, 0.717) is 0 Å². The molecule has 0 bridgehead atoms. The second-order valence-corrected chi connectivity index (χ2v) is 4.11. The van der Waals surface area contributed by atoms with Crippen LogP contribution in [-0.2, 0) is 0 Å². The topological polar surface area (TPSA) is 37.3 Å². The molecule has 3 nitrogen and oxygen atoms in total. The molecule has 1 N–H and O–H groups in total. The van der Waals surface area contributed by atoms with Crippen molar-refractivity contribution in [3.05, 3.63) is 23.9 Å². The second kappa shape index (κ2) is 4.43. The third-order valence-corrected chi connectivity index (χ3v) is 2.82. The SMILES string of the molecule is CNc1ccc(C2=NCC(C)CC2)cn1. The summed E-state index contributed by atoms with van der Waals surface area (Å²) in [5.74, 6) is 1.64. The van der Waals surface area contributed by atoms with E-state index in [-0.39, 0.29) is 0 Å². The number of hydrogen-bond donors (Lipinski definition) is 1. The minimum Gasteiger partial charge on any atom is -0.373 e. The summed E-state index contributed by atoms with van der Waals surface area (Å²) in [7, 11) is 1.88. The molecule has 0 saturated carbocycles. The molecular formula is C12H17N3. The molecule has 0 aliphatic carbocycles. The van der Waals surface area contributed by atoms with E-state index in [1.807, 2.05) is 19.3 Å². The van der Waals surface area contributed by atoms with Crippen LogP contribution in [0.5, 0.6) is 0 Å². The van der Waals surface area contributed by atoms with Crippen molar-refractivity contribution in [3.63, 3.8) is 0 Å². The van der Waals surface area contributed by atoms with Crippen LogP contribution in [0.15, 0.2) is 23.3 Å². The first-order valence-electron chi connectivity index (χ1n) is 5.47. The van der Waals surface area contributed by atoms with Crippen LogP contribution in [0.2, 0.25) is 0 Å². The fourth-order valence-corrected chi connectivity index (χ4v) is 1.77. The summed E-state index contributed by atoms with van der Waals surface area (Å²) in [5, 5.41) is 3.01. The first kappa shape index (κ1) is 10.1. The van der Waals surface area contributed by atoms with Crippen molar-refractivity contribution in [1.82, 2.24) is 4.98 Å². The van der Waals surface area contributed by atoms with E-state index in [1.54, 1.807) is 0 Å². The normalized spacial score (nSPS) is 20.9. The Balaban J connectivity index is 2.16. The zero-order chi connectivity index (χ0) is 10.7. The molecule has 0 saturated heterocycles. The van der Waals surface area contributed by atoms with E-state index < -0.39 is 0 Å². The summed E-state index contributed by atoms with van der Waals surface area (Å²) in [5.41, 5.74) is 2.38. The van der Waals surface area contributed by atoms with Gasteiger partial charge in [-0.1, -0.05) is 6.92 Å². The minimum absolute atomic E-state index is 0.735. The molecular weight excluding hydrogens is 186 g/mol. The van der Waals surface area contributed by atoms with Crippen LogP contribution < -0.4 is 5.32 Å². The number of rotatable bonds is 2. The second-order valence-electron chi connectivity index (χ2n) is 4.11. The average molecular weight is 203 g/mol. The van der Waals surface area contributed by atoms with Gasteiger partial charge in [0.2, 0.25) is 0 Å². The van der Waals surface area contributed by atoms with Gasteiger partial charge in [-0.15, -0.1) is 0 Å². The molecule has 2 heterocycles. The Hall–Kier alpha value is -1.38. The van der Waals surface area contributed by atoms with Crippen molar-refractivity contribution in [1.29, 1.82) is 0 Å². The maximum absolute atomic E-state index is 4.59. The lowest BCUT2D eigenvalue weighted by molar-refractivity contribution is 0.538. The molecule has 0 radical (unpaired) electrons. The van der Waals surface area contributed by atoms with E-state index in [0.717, 1.165) is 24.7 Å². The molecule has 3 heteroatoms. The number of aromatic nitrogens is 1. The highest BCUT2D eigenvalue weighted by atomic mass is 14.9. The lowest BCUT2D eigenvalue weighted by Crippen LogP contribution is -2.14. The molecule has 15 heavy (non-hydrogen) atoms. The number of hydrogen-bond acceptors (Lipinski definition) is 3. The van der Waals surface area contributed by atoms with Gasteiger partial charge < -0.3 is 5.32 Å². The summed E-state index contributed by atoms with van der Waals surface area (Å²) in [4.78, 5) is 8.89. The quantitative estimate of drug-likeness (QED) is 0.801. The van der Waals surface area contributed by atoms with Crippen molar-refractivity contribution in [3.8, 4) is 0 Å². The predicted molar refractivity (Wildman–Crippen MR) is 63.6 cm³/mol. The Morgan fingerprint density at radius 2 is 2.27 bits per heavy atom. The Labute approximate surface area is 90.6 Å². The fraction of sp³-hybridized carbons (Fsp3) is 0.500. The molecule has 0 amide bonds. The monoisotopic (exact) mass is 203 g/mol. The van der Waals surface area contributed by atoms with Crippen LogP contribution in [0.1, 0.15) is 25.3 Å². The highest BCUT2D eigenvalue weighted by molar-refractivity contribution is 6.00. The number of aliphatic imine (C=N–C) groups is 1. The van der Waals surface area contributed by atoms with Crippen molar-refractivity contribution in [2.24, 2.45) is 10.9 Å². The molecule has 80 valence electrons. The third kappa shape index (κ3) is 2.35. The van der Waals surface area contributed by atoms with Crippen molar-refractivity contribution in [2.45, 2.75) is 19.8 Å². The van der Waals surface area contributed by atoms with Crippen molar-refractivity contribution >= 4 is 11.5 Å². The van der Waals surface area contributed by atoms with Gasteiger partial charge in [-0.05, 0) is 30.9 Å². The molecule has 1 aliphatic heterocycles. The smallest absolute Gasteiger partial charge is 0.125 e. The van der Waals surface area contributed by atoms with Gasteiger partial charge in [0.15, 0.2) is 0 Å². The van der Waals surface area contributed by atoms with Crippen LogP contribution in [0, 0.1) is 5.92 Å². The Bertz CT molecular complexity index is 354. The van der Waals surface area contributed by atoms with Gasteiger partial charge in [0.05, 0.1) is 0 Å². The zero-order valence-corrected chi connectivity index (χ0v) is 9.33. The van der Waals surface area contributed by atoms with E-state index in [1.165, 1.54) is 17.7 Å². The summed E-state index contributed by atoms with van der Waals surface area (Å²) >= 11 is 0. The average Bonchev–Trinajstić information content (AvgIpc) is 2.30. The first-order chi connectivity index (χ1) is 7.29. The summed E-state index contributed by atoms with van der Waals surface area (Å²) in [6.07, 6.45) is 4.23. The van der Waals surface area contributed by atoms with Crippen LogP contribution in [0.25, 0.3) is 0 Å². The first-order valence-corrected chi connectivity index (χ1v) is 5.47. The standard InChI is InChI=1S/C12H17N3/c1-9-3-5-11(14-7-9)10-4-6-12(13-2)15-8-10/h4,6,8-9H,3,5,7H2,1-2H3,(H,13,15). The Kier molecular flexibility index (Phi) is 2.99. The Morgan fingerprint density at radius 1 is 1.40 bits per heavy atom. The molecule has 0 spiro atoms. The van der Waals surface area contributed by atoms with Gasteiger partial charge >= 0.3 is 0 Å². The number of pyridine rings is 1. The molecule has 1 atom stereocenters. The number of nitrogens with zero attached hydrogens (tertiary/aromatic N) is 2. The molecule has 0 fully saturated rings. The van der Waals surface area contributed by atoms with Crippen LogP contribution in [0.3, 0.4) is 0 Å². The largest absolute Gasteiger partial charge is 0.373 e. The summed E-state index contributed by atoms with van der Waals surface area (Å²) in [6, 6.07) is 4.09. The fourth-order valence-electron chi connectivity index (χ4n) is 1.77. The Morgan fingerprint density at radius 3 is 2.80 bits per heavy atom. The zero-order valence-electron chi connectivity index (χ0n) is 9.33. The minimum atomic E-state index is 0.735. The van der Waals surface area contributed by atoms with Crippen molar-refractivity contribution in [2.75, 3.05) is 18.9 Å². The molecule has 1 aliphatic rings. The molecule has 0 aromatic carbocycles. The van der Waals surface area contributed by atoms with Gasteiger partial charge in [0.25, 0.3) is 0 Å². The van der Waals surface area contributed by atoms with E-state index in [2.05, 4.69) is 28.3 Å². The number of anilines is 1. The molecule has 2 rings (SSSR count). The molecule has 1 unspecified atom stereocenters.